The van der Waals surface area contributed by atoms with Crippen molar-refractivity contribution in [2.75, 3.05) is 11.9 Å². The molecule has 0 heterocycles. The Morgan fingerprint density at radius 2 is 1.81 bits per heavy atom. The van der Waals surface area contributed by atoms with Gasteiger partial charge in [-0.3, -0.25) is 0 Å². The number of fused-ring (bicyclic) bond motifs is 1. The molecule has 16 heavy (non-hydrogen) atoms. The molecule has 0 unspecified atom stereocenters. The summed E-state index contributed by atoms with van der Waals surface area (Å²) in [6.45, 7) is 1.18. The summed E-state index contributed by atoms with van der Waals surface area (Å²) in [5.41, 5.74) is 4.51. The van der Waals surface area contributed by atoms with E-state index in [0.717, 1.165) is 5.92 Å². The van der Waals surface area contributed by atoms with Gasteiger partial charge in [0.15, 0.2) is 0 Å². The second-order valence-corrected chi connectivity index (χ2v) is 5.37. The Kier molecular flexibility index (Phi) is 2.86. The molecule has 1 aromatic rings. The Balaban J connectivity index is 1.65. The lowest BCUT2D eigenvalue weighted by molar-refractivity contribution is 0.333. The van der Waals surface area contributed by atoms with Gasteiger partial charge < -0.3 is 5.32 Å². The monoisotopic (exact) mass is 215 g/mol. The summed E-state index contributed by atoms with van der Waals surface area (Å²) in [6, 6.07) is 6.98. The number of nitrogens with one attached hydrogen (secondary N) is 1. The van der Waals surface area contributed by atoms with Crippen LogP contribution in [0.15, 0.2) is 18.2 Å². The molecule has 2 aliphatic rings. The third-order valence-corrected chi connectivity index (χ3v) is 4.17. The largest absolute Gasteiger partial charge is 0.385 e. The average molecular weight is 215 g/mol. The van der Waals surface area contributed by atoms with Crippen LogP contribution < -0.4 is 5.32 Å². The molecule has 0 aromatic heterocycles. The molecule has 86 valence electrons. The van der Waals surface area contributed by atoms with E-state index in [1.54, 1.807) is 11.1 Å². The lowest BCUT2D eigenvalue weighted by Crippen LogP contribution is -2.21. The first-order chi connectivity index (χ1) is 7.92. The van der Waals surface area contributed by atoms with Crippen LogP contribution in [0.5, 0.6) is 0 Å². The first-order valence-electron chi connectivity index (χ1n) is 6.77. The van der Waals surface area contributed by atoms with Gasteiger partial charge in [-0.25, -0.2) is 0 Å². The molecule has 1 aromatic carbocycles. The summed E-state index contributed by atoms with van der Waals surface area (Å²) in [5.74, 6) is 0.941. The van der Waals surface area contributed by atoms with Crippen LogP contribution in [-0.4, -0.2) is 6.54 Å². The van der Waals surface area contributed by atoms with Gasteiger partial charge in [-0.05, 0) is 67.7 Å². The number of hydrogen-bond acceptors (Lipinski definition) is 1. The maximum Gasteiger partial charge on any atom is 0.0343 e. The Bertz CT molecular complexity index is 366. The minimum absolute atomic E-state index is 0.941. The second kappa shape index (κ2) is 4.48. The highest BCUT2D eigenvalue weighted by Gasteiger charge is 2.17. The van der Waals surface area contributed by atoms with Gasteiger partial charge >= 0.3 is 0 Å². The maximum absolute atomic E-state index is 3.60. The minimum atomic E-state index is 0.941. The normalized spacial score (nSPS) is 20.0. The molecule has 0 saturated heterocycles. The molecule has 1 saturated carbocycles. The van der Waals surface area contributed by atoms with Crippen molar-refractivity contribution >= 4 is 5.69 Å². The van der Waals surface area contributed by atoms with Gasteiger partial charge in [0.1, 0.15) is 0 Å². The zero-order valence-corrected chi connectivity index (χ0v) is 9.97. The zero-order chi connectivity index (χ0) is 10.8. The summed E-state index contributed by atoms with van der Waals surface area (Å²) in [6.07, 6.45) is 9.62. The second-order valence-electron chi connectivity index (χ2n) is 5.37. The van der Waals surface area contributed by atoms with Crippen LogP contribution in [0.2, 0.25) is 0 Å². The smallest absolute Gasteiger partial charge is 0.0343 e. The van der Waals surface area contributed by atoms with E-state index in [-0.39, 0.29) is 0 Å². The molecular formula is C15H21N. The number of anilines is 1. The Hall–Kier alpha value is -0.980. The van der Waals surface area contributed by atoms with E-state index >= 15 is 0 Å². The Labute approximate surface area is 98.3 Å². The van der Waals surface area contributed by atoms with E-state index in [1.807, 2.05) is 0 Å². The van der Waals surface area contributed by atoms with Crippen molar-refractivity contribution < 1.29 is 0 Å². The molecule has 0 radical (unpaired) electrons. The van der Waals surface area contributed by atoms with E-state index in [9.17, 15) is 0 Å². The van der Waals surface area contributed by atoms with E-state index < -0.39 is 0 Å². The molecule has 1 heteroatoms. The van der Waals surface area contributed by atoms with Crippen molar-refractivity contribution in [3.05, 3.63) is 29.3 Å². The Morgan fingerprint density at radius 3 is 2.56 bits per heavy atom. The quantitative estimate of drug-likeness (QED) is 0.809. The molecule has 0 amide bonds. The molecule has 1 nitrogen and oxygen atoms in total. The molecule has 1 fully saturated rings. The lowest BCUT2D eigenvalue weighted by Gasteiger charge is -2.26. The van der Waals surface area contributed by atoms with Crippen LogP contribution in [0.1, 0.15) is 43.2 Å². The predicted octanol–water partition coefficient (Wildman–Crippen LogP) is 3.78. The molecule has 0 spiro atoms. The average Bonchev–Trinajstić information content (AvgIpc) is 2.27. The van der Waals surface area contributed by atoms with Crippen LogP contribution in [-0.2, 0) is 12.8 Å². The van der Waals surface area contributed by atoms with Crippen molar-refractivity contribution in [3.63, 3.8) is 0 Å². The molecule has 3 rings (SSSR count). The fraction of sp³-hybridized carbons (Fsp3) is 0.600. The first kappa shape index (κ1) is 10.2. The third kappa shape index (κ3) is 2.09. The van der Waals surface area contributed by atoms with E-state index in [1.165, 1.54) is 57.2 Å². The summed E-state index contributed by atoms with van der Waals surface area (Å²) in [4.78, 5) is 0. The summed E-state index contributed by atoms with van der Waals surface area (Å²) in [5, 5.41) is 3.60. The molecule has 0 bridgehead atoms. The lowest BCUT2D eigenvalue weighted by atomic mass is 9.85. The van der Waals surface area contributed by atoms with E-state index in [0.29, 0.717) is 0 Å². The topological polar surface area (TPSA) is 12.0 Å². The van der Waals surface area contributed by atoms with Gasteiger partial charge in [0.25, 0.3) is 0 Å². The van der Waals surface area contributed by atoms with E-state index in [4.69, 9.17) is 0 Å². The van der Waals surface area contributed by atoms with Gasteiger partial charge in [-0.1, -0.05) is 12.5 Å². The van der Waals surface area contributed by atoms with Gasteiger partial charge in [0.2, 0.25) is 0 Å². The zero-order valence-electron chi connectivity index (χ0n) is 9.97. The maximum atomic E-state index is 3.60. The first-order valence-corrected chi connectivity index (χ1v) is 6.77. The minimum Gasteiger partial charge on any atom is -0.385 e. The fourth-order valence-corrected chi connectivity index (χ4v) is 2.80. The van der Waals surface area contributed by atoms with Gasteiger partial charge in [-0.2, -0.15) is 0 Å². The van der Waals surface area contributed by atoms with Crippen LogP contribution >= 0.6 is 0 Å². The number of aryl methyl sites for hydroxylation is 2. The molecule has 2 aliphatic carbocycles. The van der Waals surface area contributed by atoms with Crippen LogP contribution in [0, 0.1) is 5.92 Å². The van der Waals surface area contributed by atoms with Gasteiger partial charge in [0, 0.05) is 12.2 Å². The summed E-state index contributed by atoms with van der Waals surface area (Å²) in [7, 11) is 0. The molecule has 0 atom stereocenters. The highest BCUT2D eigenvalue weighted by molar-refractivity contribution is 5.49. The van der Waals surface area contributed by atoms with Crippen molar-refractivity contribution in [1.82, 2.24) is 0 Å². The third-order valence-electron chi connectivity index (χ3n) is 4.17. The van der Waals surface area contributed by atoms with E-state index in [2.05, 4.69) is 23.5 Å². The Morgan fingerprint density at radius 1 is 1.00 bits per heavy atom. The van der Waals surface area contributed by atoms with Crippen molar-refractivity contribution in [3.8, 4) is 0 Å². The molecular weight excluding hydrogens is 194 g/mol. The van der Waals surface area contributed by atoms with Crippen molar-refractivity contribution in [2.45, 2.75) is 44.9 Å². The fourth-order valence-electron chi connectivity index (χ4n) is 2.80. The predicted molar refractivity (Wildman–Crippen MR) is 68.9 cm³/mol. The molecule has 0 aliphatic heterocycles. The highest BCUT2D eigenvalue weighted by Crippen LogP contribution is 2.28. The van der Waals surface area contributed by atoms with Crippen molar-refractivity contribution in [1.29, 1.82) is 0 Å². The van der Waals surface area contributed by atoms with Crippen molar-refractivity contribution in [2.24, 2.45) is 5.92 Å². The number of hydrogen-bond donors (Lipinski definition) is 1. The summed E-state index contributed by atoms with van der Waals surface area (Å²) < 4.78 is 0. The van der Waals surface area contributed by atoms with Gasteiger partial charge in [-0.15, -0.1) is 0 Å². The van der Waals surface area contributed by atoms with Crippen LogP contribution in [0.25, 0.3) is 0 Å². The SMILES string of the molecule is c1cc2c(cc1NCC1CCC1)CCCC2. The molecule has 1 N–H and O–H groups in total. The standard InChI is InChI=1S/C15H21N/c1-2-7-14-10-15(9-8-13(14)6-1)16-11-12-4-3-5-12/h8-10,12,16H,1-7,11H2. The van der Waals surface area contributed by atoms with Gasteiger partial charge in [0.05, 0.1) is 0 Å². The number of rotatable bonds is 3. The summed E-state index contributed by atoms with van der Waals surface area (Å²) >= 11 is 0. The van der Waals surface area contributed by atoms with Crippen LogP contribution in [0.3, 0.4) is 0 Å². The number of benzene rings is 1. The highest BCUT2D eigenvalue weighted by atomic mass is 14.9. The van der Waals surface area contributed by atoms with Crippen LogP contribution in [0.4, 0.5) is 5.69 Å².